The molecule has 1 aliphatic carbocycles. The Morgan fingerprint density at radius 3 is 2.24 bits per heavy atom. The maximum atomic E-state index is 12.2. The van der Waals surface area contributed by atoms with Crippen LogP contribution in [0, 0.1) is 5.92 Å². The molecule has 1 amide bonds. The molecule has 1 unspecified atom stereocenters. The maximum Gasteiger partial charge on any atom is 0.407 e. The molecule has 0 spiro atoms. The van der Waals surface area contributed by atoms with Crippen molar-refractivity contribution in [2.24, 2.45) is 5.92 Å². The van der Waals surface area contributed by atoms with E-state index in [9.17, 15) is 9.90 Å². The Hall–Kier alpha value is -2.37. The molecule has 0 radical (unpaired) electrons. The second-order valence-corrected chi connectivity index (χ2v) is 6.56. The fourth-order valence-electron chi connectivity index (χ4n) is 3.59. The average molecular weight is 339 g/mol. The second-order valence-electron chi connectivity index (χ2n) is 6.56. The summed E-state index contributed by atoms with van der Waals surface area (Å²) in [4.78, 5) is 12.2. The zero-order valence-corrected chi connectivity index (χ0v) is 13.9. The van der Waals surface area contributed by atoms with E-state index in [1.807, 2.05) is 24.3 Å². The smallest absolute Gasteiger partial charge is 0.407 e. The van der Waals surface area contributed by atoms with Gasteiger partial charge in [0.05, 0.1) is 25.9 Å². The van der Waals surface area contributed by atoms with Crippen molar-refractivity contribution in [2.75, 3.05) is 26.4 Å². The number of nitrogens with one attached hydrogen (secondary N) is 1. The molecule has 2 aliphatic rings. The number of rotatable bonds is 5. The van der Waals surface area contributed by atoms with Gasteiger partial charge in [0.2, 0.25) is 0 Å². The number of amides is 1. The number of fused-ring (bicyclic) bond motifs is 3. The van der Waals surface area contributed by atoms with E-state index in [4.69, 9.17) is 9.47 Å². The van der Waals surface area contributed by atoms with Crippen molar-refractivity contribution in [1.29, 1.82) is 0 Å². The first kappa shape index (κ1) is 16.1. The fourth-order valence-corrected chi connectivity index (χ4v) is 3.59. The molecule has 0 saturated carbocycles. The van der Waals surface area contributed by atoms with Crippen LogP contribution in [0.3, 0.4) is 0 Å². The lowest BCUT2D eigenvalue weighted by Gasteiger charge is -2.32. The molecule has 4 rings (SSSR count). The molecular formula is C20H21NO4. The molecule has 5 heteroatoms. The molecule has 0 aromatic heterocycles. The number of alkyl carbamates (subject to hydrolysis) is 1. The predicted molar refractivity (Wildman–Crippen MR) is 93.4 cm³/mol. The lowest BCUT2D eigenvalue weighted by molar-refractivity contribution is -0.0570. The molecule has 5 nitrogen and oxygen atoms in total. The van der Waals surface area contributed by atoms with Gasteiger partial charge in [-0.05, 0) is 22.3 Å². The number of carbonyl (C=O) groups excluding carboxylic acids is 1. The molecule has 0 bridgehead atoms. The van der Waals surface area contributed by atoms with Crippen molar-refractivity contribution in [3.63, 3.8) is 0 Å². The minimum atomic E-state index is -0.493. The van der Waals surface area contributed by atoms with Crippen LogP contribution in [0.4, 0.5) is 4.79 Å². The van der Waals surface area contributed by atoms with Crippen LogP contribution >= 0.6 is 0 Å². The molecule has 2 N–H and O–H groups in total. The van der Waals surface area contributed by atoms with Gasteiger partial charge in [0.25, 0.3) is 0 Å². The average Bonchev–Trinajstić information content (AvgIpc) is 2.92. The summed E-state index contributed by atoms with van der Waals surface area (Å²) in [5, 5.41) is 12.2. The number of carbonyl (C=O) groups is 1. The Balaban J connectivity index is 1.45. The molecule has 2 aromatic carbocycles. The van der Waals surface area contributed by atoms with Crippen molar-refractivity contribution >= 4 is 6.09 Å². The summed E-state index contributed by atoms with van der Waals surface area (Å²) in [6.45, 7) is 1.29. The van der Waals surface area contributed by atoms with E-state index >= 15 is 0 Å². The maximum absolute atomic E-state index is 12.2. The molecule has 1 fully saturated rings. The zero-order chi connectivity index (χ0) is 17.2. The van der Waals surface area contributed by atoms with E-state index in [-0.39, 0.29) is 31.1 Å². The van der Waals surface area contributed by atoms with Crippen LogP contribution in [0.2, 0.25) is 0 Å². The van der Waals surface area contributed by atoms with Crippen molar-refractivity contribution < 1.29 is 19.4 Å². The van der Waals surface area contributed by atoms with Gasteiger partial charge < -0.3 is 19.9 Å². The first-order valence-corrected chi connectivity index (χ1v) is 8.58. The van der Waals surface area contributed by atoms with Crippen LogP contribution in [0.25, 0.3) is 11.1 Å². The number of aliphatic hydroxyl groups excluding tert-OH is 1. The third kappa shape index (κ3) is 3.01. The standard InChI is InChI=1S/C20H21NO4/c22-9-19(13-10-24-11-13)21-20(23)25-12-18-16-7-3-1-5-14(16)15-6-2-4-8-17(15)18/h1-8,13,18-19,22H,9-12H2,(H,21,23). The van der Waals surface area contributed by atoms with Gasteiger partial charge in [0, 0.05) is 11.8 Å². The van der Waals surface area contributed by atoms with Crippen LogP contribution < -0.4 is 5.32 Å². The molecule has 1 saturated heterocycles. The summed E-state index contributed by atoms with van der Waals surface area (Å²) in [6.07, 6.45) is -0.493. The van der Waals surface area contributed by atoms with Crippen LogP contribution in [0.1, 0.15) is 17.0 Å². The Kier molecular flexibility index (Phi) is 4.42. The summed E-state index contributed by atoms with van der Waals surface area (Å²) in [6, 6.07) is 16.1. The Bertz CT molecular complexity index is 726. The van der Waals surface area contributed by atoms with Gasteiger partial charge in [-0.25, -0.2) is 4.79 Å². The second kappa shape index (κ2) is 6.86. The van der Waals surface area contributed by atoms with E-state index in [0.717, 1.165) is 0 Å². The quantitative estimate of drug-likeness (QED) is 0.878. The third-order valence-electron chi connectivity index (χ3n) is 5.08. The molecule has 1 atom stereocenters. The van der Waals surface area contributed by atoms with E-state index in [0.29, 0.717) is 13.2 Å². The van der Waals surface area contributed by atoms with Crippen LogP contribution in [0.5, 0.6) is 0 Å². The monoisotopic (exact) mass is 339 g/mol. The highest BCUT2D eigenvalue weighted by Crippen LogP contribution is 2.44. The molecular weight excluding hydrogens is 318 g/mol. The van der Waals surface area contributed by atoms with Gasteiger partial charge in [0.15, 0.2) is 0 Å². The lowest BCUT2D eigenvalue weighted by atomic mass is 9.98. The topological polar surface area (TPSA) is 67.8 Å². The predicted octanol–water partition coefficient (Wildman–Crippen LogP) is 2.53. The van der Waals surface area contributed by atoms with Crippen LogP contribution in [-0.2, 0) is 9.47 Å². The van der Waals surface area contributed by atoms with Gasteiger partial charge in [-0.2, -0.15) is 0 Å². The summed E-state index contributed by atoms with van der Waals surface area (Å²) < 4.78 is 10.6. The Labute approximate surface area is 146 Å². The SMILES string of the molecule is O=C(NC(CO)C1COC1)OCC1c2ccccc2-c2ccccc21. The van der Waals surface area contributed by atoms with Crippen molar-refractivity contribution in [3.8, 4) is 11.1 Å². The number of hydrogen-bond donors (Lipinski definition) is 2. The molecule has 1 heterocycles. The van der Waals surface area contributed by atoms with Gasteiger partial charge in [-0.15, -0.1) is 0 Å². The zero-order valence-electron chi connectivity index (χ0n) is 13.9. The summed E-state index contributed by atoms with van der Waals surface area (Å²) in [7, 11) is 0. The first-order chi connectivity index (χ1) is 12.3. The number of ether oxygens (including phenoxy) is 2. The largest absolute Gasteiger partial charge is 0.449 e. The van der Waals surface area contributed by atoms with E-state index in [1.165, 1.54) is 22.3 Å². The minimum Gasteiger partial charge on any atom is -0.449 e. The van der Waals surface area contributed by atoms with Gasteiger partial charge in [-0.3, -0.25) is 0 Å². The number of aliphatic hydroxyl groups is 1. The minimum absolute atomic E-state index is 0.0396. The van der Waals surface area contributed by atoms with Crippen molar-refractivity contribution in [3.05, 3.63) is 59.7 Å². The van der Waals surface area contributed by atoms with E-state index < -0.39 is 6.09 Å². The van der Waals surface area contributed by atoms with Crippen LogP contribution in [-0.4, -0.2) is 43.7 Å². The Morgan fingerprint density at radius 1 is 1.12 bits per heavy atom. The summed E-state index contributed by atoms with van der Waals surface area (Å²) in [5.74, 6) is 0.197. The highest BCUT2D eigenvalue weighted by molar-refractivity contribution is 5.79. The normalized spacial score (nSPS) is 17.3. The molecule has 130 valence electrons. The van der Waals surface area contributed by atoms with Gasteiger partial charge in [-0.1, -0.05) is 48.5 Å². The van der Waals surface area contributed by atoms with Gasteiger partial charge in [0.1, 0.15) is 6.61 Å². The molecule has 25 heavy (non-hydrogen) atoms. The molecule has 1 aliphatic heterocycles. The summed E-state index contributed by atoms with van der Waals surface area (Å²) >= 11 is 0. The number of benzene rings is 2. The highest BCUT2D eigenvalue weighted by atomic mass is 16.5. The van der Waals surface area contributed by atoms with E-state index in [1.54, 1.807) is 0 Å². The highest BCUT2D eigenvalue weighted by Gasteiger charge is 2.31. The molecule has 2 aromatic rings. The third-order valence-corrected chi connectivity index (χ3v) is 5.08. The fraction of sp³-hybridized carbons (Fsp3) is 0.350. The van der Waals surface area contributed by atoms with Crippen LogP contribution in [0.15, 0.2) is 48.5 Å². The summed E-state index contributed by atoms with van der Waals surface area (Å²) in [5.41, 5.74) is 4.77. The van der Waals surface area contributed by atoms with Crippen molar-refractivity contribution in [1.82, 2.24) is 5.32 Å². The van der Waals surface area contributed by atoms with E-state index in [2.05, 4.69) is 29.6 Å². The van der Waals surface area contributed by atoms with Gasteiger partial charge >= 0.3 is 6.09 Å². The van der Waals surface area contributed by atoms with Crippen molar-refractivity contribution in [2.45, 2.75) is 12.0 Å². The lowest BCUT2D eigenvalue weighted by Crippen LogP contribution is -2.50. The Morgan fingerprint density at radius 2 is 1.72 bits per heavy atom. The first-order valence-electron chi connectivity index (χ1n) is 8.58. The number of hydrogen-bond acceptors (Lipinski definition) is 4.